The Hall–Kier alpha value is -1.56. The zero-order chi connectivity index (χ0) is 10.8. The number of nitrogens with zero attached hydrogens (tertiary/aromatic N) is 2. The minimum atomic E-state index is -0.345. The Kier molecular flexibility index (Phi) is 2.59. The molecule has 0 radical (unpaired) electrons. The molecule has 0 unspecified atom stereocenters. The SMILES string of the molecule is CCC1CN(c2ccc(F)cc2C#N)C1. The van der Waals surface area contributed by atoms with Crippen LogP contribution in [-0.2, 0) is 0 Å². The highest BCUT2D eigenvalue weighted by Gasteiger charge is 2.26. The molecule has 3 heteroatoms. The van der Waals surface area contributed by atoms with Crippen LogP contribution in [0.3, 0.4) is 0 Å². The van der Waals surface area contributed by atoms with Crippen molar-refractivity contribution in [3.63, 3.8) is 0 Å². The second-order valence-electron chi connectivity index (χ2n) is 3.95. The van der Waals surface area contributed by atoms with Crippen molar-refractivity contribution in [3.05, 3.63) is 29.6 Å². The number of nitriles is 1. The third-order valence-corrected chi connectivity index (χ3v) is 2.95. The Balaban J connectivity index is 2.20. The van der Waals surface area contributed by atoms with E-state index in [9.17, 15) is 4.39 Å². The van der Waals surface area contributed by atoms with Crippen LogP contribution in [0, 0.1) is 23.1 Å². The Morgan fingerprint density at radius 2 is 2.27 bits per heavy atom. The molecule has 15 heavy (non-hydrogen) atoms. The van der Waals surface area contributed by atoms with E-state index in [4.69, 9.17) is 5.26 Å². The quantitative estimate of drug-likeness (QED) is 0.740. The lowest BCUT2D eigenvalue weighted by atomic mass is 9.95. The van der Waals surface area contributed by atoms with Crippen LogP contribution in [0.2, 0.25) is 0 Å². The van der Waals surface area contributed by atoms with Crippen molar-refractivity contribution >= 4 is 5.69 Å². The molecule has 0 aliphatic carbocycles. The van der Waals surface area contributed by atoms with Crippen LogP contribution >= 0.6 is 0 Å². The smallest absolute Gasteiger partial charge is 0.124 e. The maximum atomic E-state index is 12.9. The molecule has 1 heterocycles. The van der Waals surface area contributed by atoms with Gasteiger partial charge in [0, 0.05) is 13.1 Å². The topological polar surface area (TPSA) is 27.0 Å². The Morgan fingerprint density at radius 1 is 1.53 bits per heavy atom. The van der Waals surface area contributed by atoms with E-state index in [1.165, 1.54) is 18.6 Å². The summed E-state index contributed by atoms with van der Waals surface area (Å²) >= 11 is 0. The van der Waals surface area contributed by atoms with Crippen molar-refractivity contribution in [2.45, 2.75) is 13.3 Å². The van der Waals surface area contributed by atoms with Gasteiger partial charge in [-0.05, 0) is 30.5 Å². The molecule has 0 bridgehead atoms. The maximum absolute atomic E-state index is 12.9. The first-order valence-electron chi connectivity index (χ1n) is 5.19. The number of benzene rings is 1. The van der Waals surface area contributed by atoms with Gasteiger partial charge in [0.1, 0.15) is 11.9 Å². The molecule has 0 spiro atoms. The van der Waals surface area contributed by atoms with Crippen LogP contribution in [0.15, 0.2) is 18.2 Å². The zero-order valence-electron chi connectivity index (χ0n) is 8.70. The molecule has 1 aromatic rings. The highest BCUT2D eigenvalue weighted by molar-refractivity contribution is 5.60. The lowest BCUT2D eigenvalue weighted by Gasteiger charge is -2.41. The standard InChI is InChI=1S/C12H13FN2/c1-2-9-7-15(8-9)12-4-3-11(13)5-10(12)6-14/h3-5,9H,2,7-8H2,1H3. The Labute approximate surface area is 88.9 Å². The predicted molar refractivity (Wildman–Crippen MR) is 57.1 cm³/mol. The van der Waals surface area contributed by atoms with E-state index in [1.807, 2.05) is 6.07 Å². The fourth-order valence-electron chi connectivity index (χ4n) is 1.90. The van der Waals surface area contributed by atoms with Gasteiger partial charge in [0.15, 0.2) is 0 Å². The summed E-state index contributed by atoms with van der Waals surface area (Å²) in [6.45, 7) is 4.13. The van der Waals surface area contributed by atoms with Gasteiger partial charge in [-0.15, -0.1) is 0 Å². The van der Waals surface area contributed by atoms with E-state index in [0.29, 0.717) is 5.56 Å². The van der Waals surface area contributed by atoms with Gasteiger partial charge in [0.05, 0.1) is 11.3 Å². The van der Waals surface area contributed by atoms with Crippen molar-refractivity contribution in [2.75, 3.05) is 18.0 Å². The van der Waals surface area contributed by atoms with Crippen molar-refractivity contribution in [1.29, 1.82) is 5.26 Å². The first kappa shape index (κ1) is 9.97. The number of anilines is 1. The fraction of sp³-hybridized carbons (Fsp3) is 0.417. The highest BCUT2D eigenvalue weighted by Crippen LogP contribution is 2.29. The van der Waals surface area contributed by atoms with Crippen LogP contribution in [0.5, 0.6) is 0 Å². The summed E-state index contributed by atoms with van der Waals surface area (Å²) in [6.07, 6.45) is 1.17. The Bertz CT molecular complexity index is 403. The summed E-state index contributed by atoms with van der Waals surface area (Å²) in [5.74, 6) is 0.379. The van der Waals surface area contributed by atoms with Crippen LogP contribution in [0.1, 0.15) is 18.9 Å². The molecule has 2 nitrogen and oxygen atoms in total. The van der Waals surface area contributed by atoms with Gasteiger partial charge in [-0.3, -0.25) is 0 Å². The maximum Gasteiger partial charge on any atom is 0.124 e. The molecule has 78 valence electrons. The van der Waals surface area contributed by atoms with Gasteiger partial charge in [-0.25, -0.2) is 4.39 Å². The van der Waals surface area contributed by atoms with Crippen LogP contribution in [-0.4, -0.2) is 13.1 Å². The summed E-state index contributed by atoms with van der Waals surface area (Å²) in [5.41, 5.74) is 1.30. The lowest BCUT2D eigenvalue weighted by Crippen LogP contribution is -2.46. The van der Waals surface area contributed by atoms with E-state index >= 15 is 0 Å². The first-order chi connectivity index (χ1) is 7.24. The first-order valence-corrected chi connectivity index (χ1v) is 5.19. The highest BCUT2D eigenvalue weighted by atomic mass is 19.1. The van der Waals surface area contributed by atoms with Gasteiger partial charge in [-0.1, -0.05) is 6.92 Å². The fourth-order valence-corrected chi connectivity index (χ4v) is 1.90. The number of hydrogen-bond donors (Lipinski definition) is 0. The van der Waals surface area contributed by atoms with Gasteiger partial charge < -0.3 is 4.90 Å². The molecule has 0 amide bonds. The molecule has 0 atom stereocenters. The molecule has 0 N–H and O–H groups in total. The summed E-state index contributed by atoms with van der Waals surface area (Å²) in [4.78, 5) is 2.13. The molecule has 0 saturated carbocycles. The Morgan fingerprint density at radius 3 is 2.87 bits per heavy atom. The van der Waals surface area contributed by atoms with Gasteiger partial charge >= 0.3 is 0 Å². The summed E-state index contributed by atoms with van der Waals surface area (Å²) in [5, 5.41) is 8.89. The van der Waals surface area contributed by atoms with E-state index in [0.717, 1.165) is 24.7 Å². The lowest BCUT2D eigenvalue weighted by molar-refractivity contribution is 0.398. The average Bonchev–Trinajstić information content (AvgIpc) is 2.18. The summed E-state index contributed by atoms with van der Waals surface area (Å²) in [7, 11) is 0. The van der Waals surface area contributed by atoms with Crippen LogP contribution in [0.4, 0.5) is 10.1 Å². The summed E-state index contributed by atoms with van der Waals surface area (Å²) < 4.78 is 12.9. The molecule has 0 aromatic heterocycles. The van der Waals surface area contributed by atoms with Gasteiger partial charge in [0.2, 0.25) is 0 Å². The minimum Gasteiger partial charge on any atom is -0.370 e. The average molecular weight is 204 g/mol. The number of hydrogen-bond acceptors (Lipinski definition) is 2. The minimum absolute atomic E-state index is 0.345. The molecule has 1 aliphatic rings. The van der Waals surface area contributed by atoms with Crippen LogP contribution < -0.4 is 4.90 Å². The third kappa shape index (κ3) is 1.80. The molecule has 1 fully saturated rings. The number of rotatable bonds is 2. The molecule has 1 aliphatic heterocycles. The summed E-state index contributed by atoms with van der Waals surface area (Å²) in [6, 6.07) is 6.44. The van der Waals surface area contributed by atoms with E-state index in [1.54, 1.807) is 6.07 Å². The van der Waals surface area contributed by atoms with Crippen molar-refractivity contribution < 1.29 is 4.39 Å². The van der Waals surface area contributed by atoms with Gasteiger partial charge in [-0.2, -0.15) is 5.26 Å². The van der Waals surface area contributed by atoms with E-state index in [2.05, 4.69) is 11.8 Å². The molecule has 1 aromatic carbocycles. The zero-order valence-corrected chi connectivity index (χ0v) is 8.70. The second-order valence-corrected chi connectivity index (χ2v) is 3.95. The molecular formula is C12H13FN2. The number of halogens is 1. The van der Waals surface area contributed by atoms with Crippen molar-refractivity contribution in [2.24, 2.45) is 5.92 Å². The third-order valence-electron chi connectivity index (χ3n) is 2.95. The van der Waals surface area contributed by atoms with Crippen molar-refractivity contribution in [3.8, 4) is 6.07 Å². The molecule has 1 saturated heterocycles. The van der Waals surface area contributed by atoms with Gasteiger partial charge in [0.25, 0.3) is 0 Å². The van der Waals surface area contributed by atoms with E-state index < -0.39 is 0 Å². The largest absolute Gasteiger partial charge is 0.370 e. The van der Waals surface area contributed by atoms with Crippen LogP contribution in [0.25, 0.3) is 0 Å². The van der Waals surface area contributed by atoms with Crippen molar-refractivity contribution in [1.82, 2.24) is 0 Å². The monoisotopic (exact) mass is 204 g/mol. The van der Waals surface area contributed by atoms with E-state index in [-0.39, 0.29) is 5.82 Å². The second kappa shape index (κ2) is 3.90. The molecular weight excluding hydrogens is 191 g/mol. The molecule has 2 rings (SSSR count). The normalized spacial score (nSPS) is 15.9. The predicted octanol–water partition coefficient (Wildman–Crippen LogP) is 2.54.